The van der Waals surface area contributed by atoms with Crippen LogP contribution in [0, 0.1) is 6.07 Å². The van der Waals surface area contributed by atoms with E-state index < -0.39 is 0 Å². The number of aryl methyl sites for hydroxylation is 1. The van der Waals surface area contributed by atoms with Gasteiger partial charge in [-0.25, -0.2) is 0 Å². The molecule has 0 heterocycles. The molecule has 0 spiro atoms. The van der Waals surface area contributed by atoms with Crippen LogP contribution in [0.5, 0.6) is 0 Å². The van der Waals surface area contributed by atoms with Crippen LogP contribution in [0.3, 0.4) is 0 Å². The zero-order chi connectivity index (χ0) is 9.80. The minimum Gasteiger partial charge on any atom is -0.0620 e. The molecule has 0 heteroatoms. The van der Waals surface area contributed by atoms with Gasteiger partial charge in [0, 0.05) is 0 Å². The smallest absolute Gasteiger partial charge is 0.0152 e. The summed E-state index contributed by atoms with van der Waals surface area (Å²) in [7, 11) is 0. The first-order valence-corrected chi connectivity index (χ1v) is 4.96. The highest BCUT2D eigenvalue weighted by Gasteiger charge is 2.00. The Kier molecular flexibility index (Phi) is 2.64. The summed E-state index contributed by atoms with van der Waals surface area (Å²) < 4.78 is 0. The van der Waals surface area contributed by atoms with Crippen LogP contribution in [0.4, 0.5) is 0 Å². The van der Waals surface area contributed by atoms with Gasteiger partial charge in [-0.3, -0.25) is 0 Å². The van der Waals surface area contributed by atoms with E-state index in [1.807, 2.05) is 12.1 Å². The first-order valence-electron chi connectivity index (χ1n) is 4.96. The fraction of sp³-hybridized carbons (Fsp3) is 0.143. The largest absolute Gasteiger partial charge is 0.0620 e. The average Bonchev–Trinajstić information content (AvgIpc) is 2.30. The molecule has 2 aromatic rings. The van der Waals surface area contributed by atoms with E-state index in [-0.39, 0.29) is 0 Å². The lowest BCUT2D eigenvalue weighted by Gasteiger charge is -2.06. The summed E-state index contributed by atoms with van der Waals surface area (Å²) in [6, 6.07) is 19.7. The lowest BCUT2D eigenvalue weighted by atomic mass is 9.98. The van der Waals surface area contributed by atoms with Crippen LogP contribution < -0.4 is 0 Å². The maximum absolute atomic E-state index is 3.04. The van der Waals surface area contributed by atoms with Crippen molar-refractivity contribution in [1.29, 1.82) is 0 Å². The summed E-state index contributed by atoms with van der Waals surface area (Å²) in [4.78, 5) is 0. The van der Waals surface area contributed by atoms with Gasteiger partial charge in [-0.15, -0.1) is 0 Å². The minimum atomic E-state index is 1.08. The predicted octanol–water partition coefficient (Wildman–Crippen LogP) is 3.72. The van der Waals surface area contributed by atoms with Crippen LogP contribution in [0.1, 0.15) is 12.5 Å². The molecule has 0 saturated heterocycles. The summed E-state index contributed by atoms with van der Waals surface area (Å²) >= 11 is 0. The fourth-order valence-electron chi connectivity index (χ4n) is 1.68. The Morgan fingerprint density at radius 3 is 2.43 bits per heavy atom. The number of benzene rings is 2. The third-order valence-corrected chi connectivity index (χ3v) is 2.43. The van der Waals surface area contributed by atoms with Gasteiger partial charge in [-0.2, -0.15) is 0 Å². The van der Waals surface area contributed by atoms with E-state index in [4.69, 9.17) is 0 Å². The molecule has 0 aliphatic heterocycles. The van der Waals surface area contributed by atoms with Gasteiger partial charge >= 0.3 is 0 Å². The predicted molar refractivity (Wildman–Crippen MR) is 60.1 cm³/mol. The summed E-state index contributed by atoms with van der Waals surface area (Å²) in [5.74, 6) is 0. The van der Waals surface area contributed by atoms with Gasteiger partial charge in [-0.05, 0) is 29.2 Å². The van der Waals surface area contributed by atoms with E-state index in [0.29, 0.717) is 0 Å². The molecule has 0 bridgehead atoms. The molecule has 0 aliphatic carbocycles. The Morgan fingerprint density at radius 2 is 1.71 bits per heavy atom. The molecule has 2 aromatic carbocycles. The van der Waals surface area contributed by atoms with E-state index in [0.717, 1.165) is 6.42 Å². The van der Waals surface area contributed by atoms with Crippen molar-refractivity contribution in [2.24, 2.45) is 0 Å². The van der Waals surface area contributed by atoms with E-state index in [2.05, 4.69) is 49.4 Å². The van der Waals surface area contributed by atoms with E-state index in [9.17, 15) is 0 Å². The van der Waals surface area contributed by atoms with Crippen molar-refractivity contribution in [3.63, 3.8) is 0 Å². The summed E-state index contributed by atoms with van der Waals surface area (Å²) in [5.41, 5.74) is 4.02. The maximum atomic E-state index is 3.04. The second kappa shape index (κ2) is 4.10. The Hall–Kier alpha value is -1.56. The monoisotopic (exact) mass is 181 g/mol. The van der Waals surface area contributed by atoms with Gasteiger partial charge in [0.2, 0.25) is 0 Å². The maximum Gasteiger partial charge on any atom is -0.0152 e. The molecule has 69 valence electrons. The molecule has 0 fully saturated rings. The summed E-state index contributed by atoms with van der Waals surface area (Å²) in [6.45, 7) is 2.19. The molecular weight excluding hydrogens is 168 g/mol. The third kappa shape index (κ3) is 1.69. The summed E-state index contributed by atoms with van der Waals surface area (Å²) in [5, 5.41) is 0. The third-order valence-electron chi connectivity index (χ3n) is 2.43. The van der Waals surface area contributed by atoms with Gasteiger partial charge in [0.1, 0.15) is 0 Å². The number of hydrogen-bond donors (Lipinski definition) is 0. The SMILES string of the molecule is CCc1ccccc1-c1cc[c]cc1. The molecule has 0 amide bonds. The van der Waals surface area contributed by atoms with Crippen molar-refractivity contribution >= 4 is 0 Å². The van der Waals surface area contributed by atoms with Crippen molar-refractivity contribution in [2.75, 3.05) is 0 Å². The Labute approximate surface area is 85.2 Å². The van der Waals surface area contributed by atoms with Crippen LogP contribution in [0.15, 0.2) is 48.5 Å². The number of hydrogen-bond acceptors (Lipinski definition) is 0. The van der Waals surface area contributed by atoms with Crippen LogP contribution in [-0.4, -0.2) is 0 Å². The standard InChI is InChI=1S/C14H13/c1-2-12-8-6-7-11-14(12)13-9-4-3-5-10-13/h4-11H,2H2,1H3. The second-order valence-electron chi connectivity index (χ2n) is 3.30. The van der Waals surface area contributed by atoms with Gasteiger partial charge in [0.15, 0.2) is 0 Å². The molecule has 0 nitrogen and oxygen atoms in total. The highest BCUT2D eigenvalue weighted by atomic mass is 14.0. The van der Waals surface area contributed by atoms with Crippen LogP contribution in [0.2, 0.25) is 0 Å². The Bertz CT molecular complexity index is 401. The van der Waals surface area contributed by atoms with E-state index in [1.165, 1.54) is 16.7 Å². The fourth-order valence-corrected chi connectivity index (χ4v) is 1.68. The molecule has 0 aromatic heterocycles. The van der Waals surface area contributed by atoms with Crippen molar-refractivity contribution in [2.45, 2.75) is 13.3 Å². The van der Waals surface area contributed by atoms with Gasteiger partial charge in [0.25, 0.3) is 0 Å². The zero-order valence-electron chi connectivity index (χ0n) is 8.33. The Balaban J connectivity index is 2.51. The van der Waals surface area contributed by atoms with Gasteiger partial charge in [0.05, 0.1) is 0 Å². The number of rotatable bonds is 2. The van der Waals surface area contributed by atoms with E-state index >= 15 is 0 Å². The topological polar surface area (TPSA) is 0 Å². The highest BCUT2D eigenvalue weighted by Crippen LogP contribution is 2.23. The van der Waals surface area contributed by atoms with Crippen molar-refractivity contribution in [3.05, 3.63) is 60.2 Å². The molecule has 0 saturated carbocycles. The lowest BCUT2D eigenvalue weighted by molar-refractivity contribution is 1.14. The molecule has 0 aliphatic rings. The first-order chi connectivity index (χ1) is 6.92. The second-order valence-corrected chi connectivity index (χ2v) is 3.30. The van der Waals surface area contributed by atoms with Gasteiger partial charge < -0.3 is 0 Å². The molecule has 2 rings (SSSR count). The molecule has 0 N–H and O–H groups in total. The zero-order valence-corrected chi connectivity index (χ0v) is 8.33. The average molecular weight is 181 g/mol. The lowest BCUT2D eigenvalue weighted by Crippen LogP contribution is -1.85. The van der Waals surface area contributed by atoms with Crippen LogP contribution >= 0.6 is 0 Å². The minimum absolute atomic E-state index is 1.08. The van der Waals surface area contributed by atoms with Crippen LogP contribution in [-0.2, 0) is 6.42 Å². The van der Waals surface area contributed by atoms with Crippen molar-refractivity contribution in [1.82, 2.24) is 0 Å². The van der Waals surface area contributed by atoms with Crippen molar-refractivity contribution in [3.8, 4) is 11.1 Å². The molecule has 14 heavy (non-hydrogen) atoms. The molecule has 0 atom stereocenters. The first kappa shape index (κ1) is 9.01. The highest BCUT2D eigenvalue weighted by molar-refractivity contribution is 5.67. The molecule has 0 unspecified atom stereocenters. The van der Waals surface area contributed by atoms with Crippen LogP contribution in [0.25, 0.3) is 11.1 Å². The normalized spacial score (nSPS) is 10.1. The quantitative estimate of drug-likeness (QED) is 0.662. The Morgan fingerprint density at radius 1 is 1.00 bits per heavy atom. The molecule has 1 radical (unpaired) electrons. The molecular formula is C14H13. The summed E-state index contributed by atoms with van der Waals surface area (Å²) in [6.07, 6.45) is 1.08. The van der Waals surface area contributed by atoms with Crippen molar-refractivity contribution < 1.29 is 0 Å². The van der Waals surface area contributed by atoms with Gasteiger partial charge in [-0.1, -0.05) is 55.5 Å². The van der Waals surface area contributed by atoms with E-state index in [1.54, 1.807) is 0 Å².